The molecule has 124 valence electrons. The quantitative estimate of drug-likeness (QED) is 0.375. The summed E-state index contributed by atoms with van der Waals surface area (Å²) in [6.07, 6.45) is 0. The second-order valence-electron chi connectivity index (χ2n) is 4.96. The van der Waals surface area contributed by atoms with Crippen LogP contribution in [0.1, 0.15) is 15.9 Å². The summed E-state index contributed by atoms with van der Waals surface area (Å²) in [6, 6.07) is 10.2. The number of nitrogens with one attached hydrogen (secondary N) is 1. The molecule has 0 unspecified atom stereocenters. The number of hydrogen-bond acceptors (Lipinski definition) is 6. The molecule has 0 spiro atoms. The van der Waals surface area contributed by atoms with Crippen LogP contribution < -0.4 is 11.1 Å². The van der Waals surface area contributed by atoms with Crippen LogP contribution in [0.3, 0.4) is 0 Å². The van der Waals surface area contributed by atoms with E-state index in [9.17, 15) is 19.7 Å². The summed E-state index contributed by atoms with van der Waals surface area (Å²) < 4.78 is 4.92. The van der Waals surface area contributed by atoms with Gasteiger partial charge in [0.05, 0.1) is 10.5 Å². The van der Waals surface area contributed by atoms with E-state index < -0.39 is 23.4 Å². The van der Waals surface area contributed by atoms with Crippen LogP contribution in [0.2, 0.25) is 0 Å². The van der Waals surface area contributed by atoms with Crippen LogP contribution in [0.15, 0.2) is 42.5 Å². The van der Waals surface area contributed by atoms with Gasteiger partial charge in [0.15, 0.2) is 6.61 Å². The standard InChI is InChI=1S/C16H15N3O5/c1-10-3-2-4-13(15(10)17)16(21)24-9-14(20)18-11-5-7-12(8-6-11)19(22)23/h2-8H,9,17H2,1H3,(H,18,20). The third-order valence-corrected chi connectivity index (χ3v) is 3.24. The van der Waals surface area contributed by atoms with E-state index in [-0.39, 0.29) is 11.3 Å². The van der Waals surface area contributed by atoms with Crippen LogP contribution >= 0.6 is 0 Å². The van der Waals surface area contributed by atoms with E-state index in [0.717, 1.165) is 5.56 Å². The van der Waals surface area contributed by atoms with Crippen molar-refractivity contribution >= 4 is 28.9 Å². The molecule has 8 heteroatoms. The highest BCUT2D eigenvalue weighted by molar-refractivity contribution is 5.98. The fourth-order valence-corrected chi connectivity index (χ4v) is 1.93. The number of para-hydroxylation sites is 1. The molecule has 0 aliphatic carbocycles. The van der Waals surface area contributed by atoms with E-state index in [0.29, 0.717) is 11.4 Å². The van der Waals surface area contributed by atoms with Crippen molar-refractivity contribution in [1.82, 2.24) is 0 Å². The summed E-state index contributed by atoms with van der Waals surface area (Å²) in [5.74, 6) is -1.27. The van der Waals surface area contributed by atoms with E-state index >= 15 is 0 Å². The van der Waals surface area contributed by atoms with Crippen molar-refractivity contribution in [2.45, 2.75) is 6.92 Å². The lowest BCUT2D eigenvalue weighted by Crippen LogP contribution is -2.21. The Morgan fingerprint density at radius 2 is 1.88 bits per heavy atom. The second kappa shape index (κ2) is 7.23. The van der Waals surface area contributed by atoms with Gasteiger partial charge in [-0.25, -0.2) is 4.79 Å². The molecule has 0 atom stereocenters. The highest BCUT2D eigenvalue weighted by atomic mass is 16.6. The van der Waals surface area contributed by atoms with E-state index in [2.05, 4.69) is 5.32 Å². The highest BCUT2D eigenvalue weighted by Gasteiger charge is 2.14. The average molecular weight is 329 g/mol. The van der Waals surface area contributed by atoms with E-state index in [1.807, 2.05) is 0 Å². The summed E-state index contributed by atoms with van der Waals surface area (Å²) in [5, 5.41) is 13.0. The Kier molecular flexibility index (Phi) is 5.10. The lowest BCUT2D eigenvalue weighted by atomic mass is 10.1. The number of nitro benzene ring substituents is 1. The molecule has 3 N–H and O–H groups in total. The third-order valence-electron chi connectivity index (χ3n) is 3.24. The zero-order chi connectivity index (χ0) is 17.7. The van der Waals surface area contributed by atoms with Crippen molar-refractivity contribution < 1.29 is 19.2 Å². The molecule has 2 aromatic rings. The minimum atomic E-state index is -0.699. The van der Waals surface area contributed by atoms with Crippen LogP contribution in [-0.2, 0) is 9.53 Å². The molecule has 0 heterocycles. The molecule has 1 amide bonds. The van der Waals surface area contributed by atoms with Gasteiger partial charge in [0.2, 0.25) is 0 Å². The molecule has 0 saturated carbocycles. The maximum atomic E-state index is 11.9. The maximum Gasteiger partial charge on any atom is 0.340 e. The van der Waals surface area contributed by atoms with Gasteiger partial charge in [-0.05, 0) is 30.7 Å². The molecule has 0 fully saturated rings. The Bertz CT molecular complexity index is 787. The molecule has 0 bridgehead atoms. The molecule has 0 aromatic heterocycles. The monoisotopic (exact) mass is 329 g/mol. The minimum absolute atomic E-state index is 0.0886. The molecule has 8 nitrogen and oxygen atoms in total. The first-order chi connectivity index (χ1) is 11.4. The number of rotatable bonds is 5. The van der Waals surface area contributed by atoms with Gasteiger partial charge in [-0.1, -0.05) is 12.1 Å². The SMILES string of the molecule is Cc1cccc(C(=O)OCC(=O)Nc2ccc([N+](=O)[O-])cc2)c1N. The van der Waals surface area contributed by atoms with Crippen LogP contribution in [0.4, 0.5) is 17.1 Å². The molecule has 0 aliphatic rings. The number of non-ortho nitro benzene ring substituents is 1. The van der Waals surface area contributed by atoms with Crippen molar-refractivity contribution in [3.63, 3.8) is 0 Å². The molecule has 2 aromatic carbocycles. The number of carbonyl (C=O) groups is 2. The zero-order valence-corrected chi connectivity index (χ0v) is 12.8. The predicted molar refractivity (Wildman–Crippen MR) is 87.6 cm³/mol. The number of nitrogen functional groups attached to an aromatic ring is 1. The second-order valence-corrected chi connectivity index (χ2v) is 4.96. The Morgan fingerprint density at radius 3 is 2.50 bits per heavy atom. The van der Waals surface area contributed by atoms with Crippen LogP contribution in [0, 0.1) is 17.0 Å². The van der Waals surface area contributed by atoms with Gasteiger partial charge < -0.3 is 15.8 Å². The summed E-state index contributed by atoms with van der Waals surface area (Å²) in [7, 11) is 0. The van der Waals surface area contributed by atoms with Gasteiger partial charge in [0.25, 0.3) is 11.6 Å². The summed E-state index contributed by atoms with van der Waals surface area (Å²) in [4.78, 5) is 33.7. The van der Waals surface area contributed by atoms with Gasteiger partial charge in [0, 0.05) is 23.5 Å². The Morgan fingerprint density at radius 1 is 1.21 bits per heavy atom. The van der Waals surface area contributed by atoms with Gasteiger partial charge in [0.1, 0.15) is 0 Å². The zero-order valence-electron chi connectivity index (χ0n) is 12.8. The minimum Gasteiger partial charge on any atom is -0.452 e. The topological polar surface area (TPSA) is 125 Å². The van der Waals surface area contributed by atoms with Crippen molar-refractivity contribution in [2.24, 2.45) is 0 Å². The van der Waals surface area contributed by atoms with Gasteiger partial charge >= 0.3 is 5.97 Å². The molecule has 24 heavy (non-hydrogen) atoms. The number of anilines is 2. The van der Waals surface area contributed by atoms with Crippen molar-refractivity contribution in [2.75, 3.05) is 17.7 Å². The predicted octanol–water partition coefficient (Wildman–Crippen LogP) is 2.28. The van der Waals surface area contributed by atoms with Gasteiger partial charge in [-0.15, -0.1) is 0 Å². The number of benzene rings is 2. The first-order valence-corrected chi connectivity index (χ1v) is 6.95. The fourth-order valence-electron chi connectivity index (χ4n) is 1.93. The normalized spacial score (nSPS) is 10.0. The van der Waals surface area contributed by atoms with Crippen LogP contribution in [0.5, 0.6) is 0 Å². The largest absolute Gasteiger partial charge is 0.452 e. The van der Waals surface area contributed by atoms with Crippen molar-refractivity contribution in [3.05, 3.63) is 63.7 Å². The molecule has 0 saturated heterocycles. The molecular formula is C16H15N3O5. The summed E-state index contributed by atoms with van der Waals surface area (Å²) in [6.45, 7) is 1.26. The Labute approximate surface area is 137 Å². The van der Waals surface area contributed by atoms with Crippen molar-refractivity contribution in [1.29, 1.82) is 0 Å². The number of aryl methyl sites for hydroxylation is 1. The van der Waals surface area contributed by atoms with Gasteiger partial charge in [-0.2, -0.15) is 0 Å². The smallest absolute Gasteiger partial charge is 0.340 e. The lowest BCUT2D eigenvalue weighted by molar-refractivity contribution is -0.384. The van der Waals surface area contributed by atoms with Crippen LogP contribution in [0.25, 0.3) is 0 Å². The highest BCUT2D eigenvalue weighted by Crippen LogP contribution is 2.18. The van der Waals surface area contributed by atoms with Crippen molar-refractivity contribution in [3.8, 4) is 0 Å². The summed E-state index contributed by atoms with van der Waals surface area (Å²) in [5.41, 5.74) is 7.30. The lowest BCUT2D eigenvalue weighted by Gasteiger charge is -2.09. The number of nitrogens with zero attached hydrogens (tertiary/aromatic N) is 1. The van der Waals surface area contributed by atoms with Crippen LogP contribution in [-0.4, -0.2) is 23.4 Å². The molecule has 0 radical (unpaired) electrons. The van der Waals surface area contributed by atoms with Gasteiger partial charge in [-0.3, -0.25) is 14.9 Å². The molecular weight excluding hydrogens is 314 g/mol. The summed E-state index contributed by atoms with van der Waals surface area (Å²) >= 11 is 0. The molecule has 0 aliphatic heterocycles. The maximum absolute atomic E-state index is 11.9. The van der Waals surface area contributed by atoms with E-state index in [1.165, 1.54) is 30.3 Å². The molecule has 2 rings (SSSR count). The number of esters is 1. The van der Waals surface area contributed by atoms with E-state index in [4.69, 9.17) is 10.5 Å². The number of nitrogens with two attached hydrogens (primary N) is 1. The Balaban J connectivity index is 1.92. The number of nitro groups is 1. The number of hydrogen-bond donors (Lipinski definition) is 2. The first kappa shape index (κ1) is 16.9. The number of ether oxygens (including phenoxy) is 1. The van der Waals surface area contributed by atoms with E-state index in [1.54, 1.807) is 19.1 Å². The average Bonchev–Trinajstić information content (AvgIpc) is 2.55. The Hall–Kier alpha value is -3.42. The number of carbonyl (C=O) groups excluding carboxylic acids is 2. The number of amides is 1. The fraction of sp³-hybridized carbons (Fsp3) is 0.125. The third kappa shape index (κ3) is 4.07. The first-order valence-electron chi connectivity index (χ1n) is 6.95.